The van der Waals surface area contributed by atoms with E-state index in [-0.39, 0.29) is 0 Å². The molecule has 118 valence electrons. The van der Waals surface area contributed by atoms with Crippen molar-refractivity contribution >= 4 is 23.0 Å². The predicted molar refractivity (Wildman–Crippen MR) is 93.3 cm³/mol. The number of nitrogens with one attached hydrogen (secondary N) is 2. The van der Waals surface area contributed by atoms with Gasteiger partial charge >= 0.3 is 0 Å². The SMILES string of the molecule is CCOc1ccc(NC(=S)NCc2cn(CC)nc2C)cc1. The number of aryl methyl sites for hydroxylation is 2. The van der Waals surface area contributed by atoms with Crippen LogP contribution >= 0.6 is 12.2 Å². The molecule has 6 heteroatoms. The highest BCUT2D eigenvalue weighted by Gasteiger charge is 2.05. The van der Waals surface area contributed by atoms with Crippen LogP contribution in [0.25, 0.3) is 0 Å². The first kappa shape index (κ1) is 16.3. The number of aromatic nitrogens is 2. The van der Waals surface area contributed by atoms with E-state index in [1.165, 1.54) is 0 Å². The van der Waals surface area contributed by atoms with Crippen molar-refractivity contribution in [1.29, 1.82) is 0 Å². The van der Waals surface area contributed by atoms with Crippen molar-refractivity contribution in [1.82, 2.24) is 15.1 Å². The van der Waals surface area contributed by atoms with Gasteiger partial charge in [-0.1, -0.05) is 0 Å². The van der Waals surface area contributed by atoms with Crippen molar-refractivity contribution in [2.45, 2.75) is 33.9 Å². The summed E-state index contributed by atoms with van der Waals surface area (Å²) in [5.41, 5.74) is 3.11. The fourth-order valence-corrected chi connectivity index (χ4v) is 2.24. The van der Waals surface area contributed by atoms with Gasteiger partial charge in [-0.2, -0.15) is 5.10 Å². The largest absolute Gasteiger partial charge is 0.494 e. The van der Waals surface area contributed by atoms with Crippen molar-refractivity contribution in [3.63, 3.8) is 0 Å². The van der Waals surface area contributed by atoms with Crippen LogP contribution in [0.2, 0.25) is 0 Å². The first-order valence-electron chi connectivity index (χ1n) is 7.43. The number of anilines is 1. The maximum Gasteiger partial charge on any atom is 0.171 e. The molecule has 2 rings (SSSR count). The Kier molecular flexibility index (Phi) is 5.77. The standard InChI is InChI=1S/C16H22N4OS/c1-4-20-11-13(12(3)19-20)10-17-16(22)18-14-6-8-15(9-7-14)21-5-2/h6-9,11H,4-5,10H2,1-3H3,(H2,17,18,22). The summed E-state index contributed by atoms with van der Waals surface area (Å²) < 4.78 is 7.34. The molecule has 5 nitrogen and oxygen atoms in total. The summed E-state index contributed by atoms with van der Waals surface area (Å²) in [6, 6.07) is 7.73. The van der Waals surface area contributed by atoms with E-state index in [0.29, 0.717) is 18.3 Å². The first-order chi connectivity index (χ1) is 10.6. The Morgan fingerprint density at radius 2 is 2.00 bits per heavy atom. The average Bonchev–Trinajstić information content (AvgIpc) is 2.88. The van der Waals surface area contributed by atoms with Crippen LogP contribution in [0.3, 0.4) is 0 Å². The molecule has 0 bridgehead atoms. The van der Waals surface area contributed by atoms with E-state index < -0.39 is 0 Å². The van der Waals surface area contributed by atoms with Crippen LogP contribution in [-0.4, -0.2) is 21.5 Å². The molecule has 2 N–H and O–H groups in total. The van der Waals surface area contributed by atoms with E-state index in [4.69, 9.17) is 17.0 Å². The molecular formula is C16H22N4OS. The molecule has 0 aliphatic rings. The predicted octanol–water partition coefficient (Wildman–Crippen LogP) is 3.10. The summed E-state index contributed by atoms with van der Waals surface area (Å²) in [4.78, 5) is 0. The summed E-state index contributed by atoms with van der Waals surface area (Å²) >= 11 is 5.32. The number of benzene rings is 1. The molecule has 0 fully saturated rings. The quantitative estimate of drug-likeness (QED) is 0.802. The minimum absolute atomic E-state index is 0.591. The molecule has 0 amide bonds. The second-order valence-electron chi connectivity index (χ2n) is 4.86. The lowest BCUT2D eigenvalue weighted by atomic mass is 10.2. The van der Waals surface area contributed by atoms with Gasteiger partial charge in [-0.05, 0) is 57.3 Å². The summed E-state index contributed by atoms with van der Waals surface area (Å²) in [5, 5.41) is 11.4. The van der Waals surface area contributed by atoms with Gasteiger partial charge in [0.1, 0.15) is 5.75 Å². The number of thiocarbonyl (C=S) groups is 1. The molecule has 22 heavy (non-hydrogen) atoms. The summed E-state index contributed by atoms with van der Waals surface area (Å²) in [6.07, 6.45) is 2.04. The number of hydrogen-bond donors (Lipinski definition) is 2. The monoisotopic (exact) mass is 318 g/mol. The zero-order valence-electron chi connectivity index (χ0n) is 13.2. The highest BCUT2D eigenvalue weighted by atomic mass is 32.1. The van der Waals surface area contributed by atoms with Crippen molar-refractivity contribution in [2.24, 2.45) is 0 Å². The fraction of sp³-hybridized carbons (Fsp3) is 0.375. The number of nitrogens with zero attached hydrogens (tertiary/aromatic N) is 2. The highest BCUT2D eigenvalue weighted by molar-refractivity contribution is 7.80. The van der Waals surface area contributed by atoms with Gasteiger partial charge in [0.25, 0.3) is 0 Å². The van der Waals surface area contributed by atoms with Crippen molar-refractivity contribution in [2.75, 3.05) is 11.9 Å². The second kappa shape index (κ2) is 7.79. The molecular weight excluding hydrogens is 296 g/mol. The molecule has 1 aromatic heterocycles. The van der Waals surface area contributed by atoms with Gasteiger partial charge in [-0.3, -0.25) is 4.68 Å². The van der Waals surface area contributed by atoms with Crippen LogP contribution < -0.4 is 15.4 Å². The molecule has 0 saturated carbocycles. The second-order valence-corrected chi connectivity index (χ2v) is 5.27. The van der Waals surface area contributed by atoms with Crippen LogP contribution in [0.15, 0.2) is 30.5 Å². The van der Waals surface area contributed by atoms with Crippen molar-refractivity contribution in [3.05, 3.63) is 41.7 Å². The molecule has 0 aliphatic carbocycles. The lowest BCUT2D eigenvalue weighted by molar-refractivity contribution is 0.340. The third kappa shape index (κ3) is 4.46. The van der Waals surface area contributed by atoms with Crippen LogP contribution in [0.5, 0.6) is 5.75 Å². The zero-order valence-corrected chi connectivity index (χ0v) is 14.0. The normalized spacial score (nSPS) is 10.3. The summed E-state index contributed by atoms with van der Waals surface area (Å²) in [5.74, 6) is 0.856. The van der Waals surface area contributed by atoms with E-state index in [1.807, 2.05) is 49.0 Å². The Morgan fingerprint density at radius 3 is 2.59 bits per heavy atom. The Bertz CT molecular complexity index is 622. The van der Waals surface area contributed by atoms with Gasteiger partial charge < -0.3 is 15.4 Å². The molecule has 0 atom stereocenters. The average molecular weight is 318 g/mol. The summed E-state index contributed by atoms with van der Waals surface area (Å²) in [6.45, 7) is 8.24. The van der Waals surface area contributed by atoms with E-state index in [1.54, 1.807) is 0 Å². The lowest BCUT2D eigenvalue weighted by Crippen LogP contribution is -2.27. The maximum absolute atomic E-state index is 5.41. The van der Waals surface area contributed by atoms with Gasteiger partial charge in [0.2, 0.25) is 0 Å². The van der Waals surface area contributed by atoms with Gasteiger partial charge in [-0.15, -0.1) is 0 Å². The van der Waals surface area contributed by atoms with Gasteiger partial charge in [0.15, 0.2) is 5.11 Å². The minimum atomic E-state index is 0.591. The molecule has 0 aliphatic heterocycles. The molecule has 0 radical (unpaired) electrons. The fourth-order valence-electron chi connectivity index (χ4n) is 2.05. The molecule has 1 heterocycles. The highest BCUT2D eigenvalue weighted by Crippen LogP contribution is 2.15. The number of hydrogen-bond acceptors (Lipinski definition) is 3. The minimum Gasteiger partial charge on any atom is -0.494 e. The molecule has 0 unspecified atom stereocenters. The molecule has 2 aromatic rings. The Balaban J connectivity index is 1.85. The van der Waals surface area contributed by atoms with E-state index in [0.717, 1.165) is 29.2 Å². The summed E-state index contributed by atoms with van der Waals surface area (Å²) in [7, 11) is 0. The Morgan fingerprint density at radius 1 is 1.27 bits per heavy atom. The topological polar surface area (TPSA) is 51.1 Å². The lowest BCUT2D eigenvalue weighted by Gasteiger charge is -2.11. The van der Waals surface area contributed by atoms with E-state index >= 15 is 0 Å². The van der Waals surface area contributed by atoms with Gasteiger partial charge in [0.05, 0.1) is 12.3 Å². The van der Waals surface area contributed by atoms with E-state index in [9.17, 15) is 0 Å². The Hall–Kier alpha value is -2.08. The van der Waals surface area contributed by atoms with E-state index in [2.05, 4.69) is 22.7 Å². The smallest absolute Gasteiger partial charge is 0.171 e. The van der Waals surface area contributed by atoms with Crippen LogP contribution in [0.1, 0.15) is 25.1 Å². The van der Waals surface area contributed by atoms with Crippen LogP contribution in [0.4, 0.5) is 5.69 Å². The van der Waals surface area contributed by atoms with Crippen LogP contribution in [-0.2, 0) is 13.1 Å². The number of ether oxygens (including phenoxy) is 1. The Labute approximate surface area is 136 Å². The van der Waals surface area contributed by atoms with Gasteiger partial charge in [-0.25, -0.2) is 0 Å². The third-order valence-corrected chi connectivity index (χ3v) is 3.48. The zero-order chi connectivity index (χ0) is 15.9. The van der Waals surface area contributed by atoms with Crippen molar-refractivity contribution in [3.8, 4) is 5.75 Å². The van der Waals surface area contributed by atoms with Gasteiger partial charge in [0, 0.05) is 30.5 Å². The molecule has 1 aromatic carbocycles. The number of rotatable bonds is 6. The van der Waals surface area contributed by atoms with Crippen molar-refractivity contribution < 1.29 is 4.74 Å². The third-order valence-electron chi connectivity index (χ3n) is 3.23. The molecule has 0 spiro atoms. The maximum atomic E-state index is 5.41. The van der Waals surface area contributed by atoms with Crippen LogP contribution in [0, 0.1) is 6.92 Å². The first-order valence-corrected chi connectivity index (χ1v) is 7.83. The molecule has 0 saturated heterocycles.